The van der Waals surface area contributed by atoms with Crippen LogP contribution in [0.4, 0.5) is 0 Å². The van der Waals surface area contributed by atoms with Crippen LogP contribution in [0.25, 0.3) is 11.6 Å². The molecule has 3 rings (SSSR count). The van der Waals surface area contributed by atoms with Crippen LogP contribution in [-0.4, -0.2) is 77.0 Å². The molecule has 0 aliphatic heterocycles. The lowest BCUT2D eigenvalue weighted by molar-refractivity contribution is -0.933. The molecule has 130 valence electrons. The SMILES string of the molecule is CC[N+](C)(C)C(n1nnnc1-c1nn[nH]n1)C1(N)C=CC=CC1.[OH-]. The molecule has 0 aromatic carbocycles. The largest absolute Gasteiger partial charge is 0.870 e. The number of nitrogens with zero attached hydrogens (tertiary/aromatic N) is 8. The maximum atomic E-state index is 6.74. The third-order valence-corrected chi connectivity index (χ3v) is 4.35. The second-order valence-electron chi connectivity index (χ2n) is 6.25. The van der Waals surface area contributed by atoms with Crippen LogP contribution in [0.5, 0.6) is 0 Å². The summed E-state index contributed by atoms with van der Waals surface area (Å²) in [5, 5.41) is 26.0. The molecule has 2 unspecified atom stereocenters. The maximum Gasteiger partial charge on any atom is 0.243 e. The van der Waals surface area contributed by atoms with Gasteiger partial charge in [-0.15, -0.1) is 15.3 Å². The lowest BCUT2D eigenvalue weighted by Gasteiger charge is -2.45. The molecule has 0 fully saturated rings. The van der Waals surface area contributed by atoms with Crippen molar-refractivity contribution in [2.24, 2.45) is 5.73 Å². The average molecular weight is 334 g/mol. The van der Waals surface area contributed by atoms with E-state index < -0.39 is 5.54 Å². The zero-order chi connectivity index (χ0) is 16.5. The highest BCUT2D eigenvalue weighted by molar-refractivity contribution is 5.40. The van der Waals surface area contributed by atoms with Crippen molar-refractivity contribution >= 4 is 0 Å². The van der Waals surface area contributed by atoms with Crippen molar-refractivity contribution < 1.29 is 9.96 Å². The smallest absolute Gasteiger partial charge is 0.243 e. The number of rotatable bonds is 5. The van der Waals surface area contributed by atoms with Crippen molar-refractivity contribution in [2.75, 3.05) is 20.6 Å². The summed E-state index contributed by atoms with van der Waals surface area (Å²) in [5.74, 6) is 0.784. The number of likely N-dealkylation sites (N-methyl/N-ethyl adjacent to an activating group) is 1. The van der Waals surface area contributed by atoms with Crippen LogP contribution in [0.3, 0.4) is 0 Å². The first-order valence-electron chi connectivity index (χ1n) is 7.45. The Morgan fingerprint density at radius 3 is 2.75 bits per heavy atom. The lowest BCUT2D eigenvalue weighted by atomic mass is 9.87. The van der Waals surface area contributed by atoms with E-state index in [1.165, 1.54) is 0 Å². The molecule has 11 heteroatoms. The molecular weight excluding hydrogens is 312 g/mol. The lowest BCUT2D eigenvalue weighted by Crippen LogP contribution is -2.60. The minimum atomic E-state index is -0.623. The van der Waals surface area contributed by atoms with E-state index in [1.54, 1.807) is 4.68 Å². The van der Waals surface area contributed by atoms with Crippen LogP contribution in [0.2, 0.25) is 0 Å². The Morgan fingerprint density at radius 2 is 2.17 bits per heavy atom. The van der Waals surface area contributed by atoms with Gasteiger partial charge in [-0.1, -0.05) is 24.3 Å². The van der Waals surface area contributed by atoms with Gasteiger partial charge in [0.15, 0.2) is 0 Å². The Morgan fingerprint density at radius 1 is 1.38 bits per heavy atom. The molecule has 2 aromatic heterocycles. The second-order valence-corrected chi connectivity index (χ2v) is 6.25. The Balaban J connectivity index is 0.00000208. The maximum absolute atomic E-state index is 6.74. The number of allylic oxidation sites excluding steroid dienone is 2. The number of nitrogens with two attached hydrogens (primary N) is 1. The molecule has 0 bridgehead atoms. The third kappa shape index (κ3) is 2.96. The predicted octanol–water partition coefficient (Wildman–Crippen LogP) is -0.515. The first kappa shape index (κ1) is 17.8. The summed E-state index contributed by atoms with van der Waals surface area (Å²) in [6.07, 6.45) is 8.49. The number of H-pyrrole nitrogens is 1. The summed E-state index contributed by atoms with van der Waals surface area (Å²) in [4.78, 5) is 0. The van der Waals surface area contributed by atoms with Gasteiger partial charge in [-0.25, -0.2) is 0 Å². The van der Waals surface area contributed by atoms with Gasteiger partial charge in [0.25, 0.3) is 0 Å². The molecular formula is C13H22N10O. The van der Waals surface area contributed by atoms with Gasteiger partial charge in [0.05, 0.1) is 20.6 Å². The number of aromatic amines is 1. The highest BCUT2D eigenvalue weighted by atomic mass is 16.0. The number of quaternary nitrogens is 1. The van der Waals surface area contributed by atoms with E-state index in [9.17, 15) is 0 Å². The van der Waals surface area contributed by atoms with E-state index in [-0.39, 0.29) is 11.6 Å². The Labute approximate surface area is 139 Å². The number of hydrogen-bond acceptors (Lipinski definition) is 8. The van der Waals surface area contributed by atoms with Gasteiger partial charge in [0, 0.05) is 0 Å². The molecule has 2 heterocycles. The molecule has 0 radical (unpaired) electrons. The molecule has 4 N–H and O–H groups in total. The van der Waals surface area contributed by atoms with Crippen molar-refractivity contribution in [3.63, 3.8) is 0 Å². The van der Waals surface area contributed by atoms with Crippen molar-refractivity contribution in [2.45, 2.75) is 25.0 Å². The summed E-state index contributed by atoms with van der Waals surface area (Å²) in [6.45, 7) is 2.96. The summed E-state index contributed by atoms with van der Waals surface area (Å²) in [7, 11) is 4.21. The predicted molar refractivity (Wildman–Crippen MR) is 84.4 cm³/mol. The number of hydrogen-bond donors (Lipinski definition) is 2. The number of tetrazole rings is 2. The monoisotopic (exact) mass is 334 g/mol. The molecule has 2 atom stereocenters. The van der Waals surface area contributed by atoms with E-state index in [0.717, 1.165) is 6.54 Å². The Hall–Kier alpha value is -2.50. The van der Waals surface area contributed by atoms with Crippen LogP contribution in [-0.2, 0) is 0 Å². The van der Waals surface area contributed by atoms with E-state index in [0.29, 0.717) is 22.6 Å². The van der Waals surface area contributed by atoms with E-state index in [2.05, 4.69) is 63.2 Å². The molecule has 0 saturated carbocycles. The first-order valence-corrected chi connectivity index (χ1v) is 7.45. The van der Waals surface area contributed by atoms with Crippen molar-refractivity contribution in [1.29, 1.82) is 0 Å². The van der Waals surface area contributed by atoms with Gasteiger partial charge in [0.1, 0.15) is 5.54 Å². The standard InChI is InChI=1S/C13H21N10.H2O/c1-4-23(2,3)12(13(14)8-6-5-7-9-13)22-11(17-20-21-22)10-15-18-19-16-10;/h5-8,12H,4,9,14H2,1-3H3,(H,15,16,18,19);1H2/q+1;/p-1. The van der Waals surface area contributed by atoms with E-state index in [1.807, 2.05) is 18.2 Å². The third-order valence-electron chi connectivity index (χ3n) is 4.35. The molecule has 1 aliphatic rings. The molecule has 11 nitrogen and oxygen atoms in total. The first-order chi connectivity index (χ1) is 11.0. The molecule has 0 amide bonds. The van der Waals surface area contributed by atoms with Gasteiger partial charge in [-0.05, 0) is 29.0 Å². The number of aromatic nitrogens is 8. The average Bonchev–Trinajstić information content (AvgIpc) is 3.18. The number of nitrogens with one attached hydrogen (secondary N) is 1. The summed E-state index contributed by atoms with van der Waals surface area (Å²) in [5.41, 5.74) is 6.12. The van der Waals surface area contributed by atoms with Crippen LogP contribution in [0, 0.1) is 0 Å². The second kappa shape index (κ2) is 6.55. The van der Waals surface area contributed by atoms with Gasteiger partial charge < -0.3 is 15.7 Å². The zero-order valence-electron chi connectivity index (χ0n) is 13.9. The van der Waals surface area contributed by atoms with Gasteiger partial charge >= 0.3 is 0 Å². The molecule has 0 saturated heterocycles. The molecule has 24 heavy (non-hydrogen) atoms. The Kier molecular flexibility index (Phi) is 4.87. The normalized spacial score (nSPS) is 21.5. The fourth-order valence-electron chi connectivity index (χ4n) is 2.95. The molecule has 0 spiro atoms. The molecule has 1 aliphatic carbocycles. The van der Waals surface area contributed by atoms with Gasteiger partial charge in [-0.3, -0.25) is 0 Å². The highest BCUT2D eigenvalue weighted by Gasteiger charge is 2.47. The van der Waals surface area contributed by atoms with Crippen LogP contribution >= 0.6 is 0 Å². The van der Waals surface area contributed by atoms with Crippen molar-refractivity contribution in [1.82, 2.24) is 40.8 Å². The van der Waals surface area contributed by atoms with Gasteiger partial charge in [-0.2, -0.15) is 9.90 Å². The van der Waals surface area contributed by atoms with Crippen LogP contribution in [0.1, 0.15) is 19.5 Å². The Bertz CT molecular complexity index is 719. The van der Waals surface area contributed by atoms with Gasteiger partial charge in [0.2, 0.25) is 17.8 Å². The fraction of sp³-hybridized carbons (Fsp3) is 0.538. The van der Waals surface area contributed by atoms with Crippen molar-refractivity contribution in [3.05, 3.63) is 24.3 Å². The zero-order valence-corrected chi connectivity index (χ0v) is 13.9. The summed E-state index contributed by atoms with van der Waals surface area (Å²) in [6, 6.07) is 0. The summed E-state index contributed by atoms with van der Waals surface area (Å²) < 4.78 is 2.31. The van der Waals surface area contributed by atoms with Crippen LogP contribution in [0.15, 0.2) is 24.3 Å². The molecule has 2 aromatic rings. The van der Waals surface area contributed by atoms with Crippen LogP contribution < -0.4 is 5.73 Å². The van der Waals surface area contributed by atoms with E-state index in [4.69, 9.17) is 5.73 Å². The minimum Gasteiger partial charge on any atom is -0.870 e. The fourth-order valence-corrected chi connectivity index (χ4v) is 2.95. The quantitative estimate of drug-likeness (QED) is 0.692. The highest BCUT2D eigenvalue weighted by Crippen LogP contribution is 2.35. The summed E-state index contributed by atoms with van der Waals surface area (Å²) >= 11 is 0. The topological polar surface area (TPSA) is 154 Å². The van der Waals surface area contributed by atoms with E-state index >= 15 is 0 Å². The van der Waals surface area contributed by atoms with Crippen molar-refractivity contribution in [3.8, 4) is 11.6 Å². The minimum absolute atomic E-state index is 0.